The maximum Gasteiger partial charge on any atom is 0.156 e. The van der Waals surface area contributed by atoms with Gasteiger partial charge in [-0.15, -0.1) is 0 Å². The van der Waals surface area contributed by atoms with Gasteiger partial charge in [0.05, 0.1) is 11.7 Å². The molecular weight excluding hydrogens is 254 g/mol. The summed E-state index contributed by atoms with van der Waals surface area (Å²) in [6.07, 6.45) is 1.73. The first-order chi connectivity index (χ1) is 8.61. The van der Waals surface area contributed by atoms with Gasteiger partial charge in [0.25, 0.3) is 0 Å². The van der Waals surface area contributed by atoms with Crippen molar-refractivity contribution in [1.29, 1.82) is 0 Å². The first-order valence-corrected chi connectivity index (χ1v) is 6.35. The Labute approximate surface area is 111 Å². The summed E-state index contributed by atoms with van der Waals surface area (Å²) in [5.41, 5.74) is 0.358. The van der Waals surface area contributed by atoms with Crippen molar-refractivity contribution in [3.8, 4) is 0 Å². The summed E-state index contributed by atoms with van der Waals surface area (Å²) in [6, 6.07) is 0. The van der Waals surface area contributed by atoms with Gasteiger partial charge in [-0.1, -0.05) is 11.6 Å². The number of rotatable bonds is 2. The molecule has 2 heterocycles. The fraction of sp³-hybridized carbons (Fsp3) is 0.583. The molecule has 1 saturated heterocycles. The molecule has 1 aliphatic heterocycles. The number of ether oxygens (including phenoxy) is 1. The highest BCUT2D eigenvalue weighted by Crippen LogP contribution is 2.24. The highest BCUT2D eigenvalue weighted by molar-refractivity contribution is 6.32. The molecule has 0 radical (unpaired) electrons. The van der Waals surface area contributed by atoms with E-state index < -0.39 is 0 Å². The van der Waals surface area contributed by atoms with E-state index in [9.17, 15) is 4.79 Å². The molecule has 1 aromatic heterocycles. The minimum Gasteiger partial charge on any atom is -0.377 e. The van der Waals surface area contributed by atoms with Gasteiger partial charge in [0, 0.05) is 19.7 Å². The van der Waals surface area contributed by atoms with E-state index in [2.05, 4.69) is 9.97 Å². The second-order valence-electron chi connectivity index (χ2n) is 4.40. The Morgan fingerprint density at radius 3 is 3.00 bits per heavy atom. The zero-order valence-corrected chi connectivity index (χ0v) is 11.3. The monoisotopic (exact) mass is 269 g/mol. The van der Waals surface area contributed by atoms with Crippen molar-refractivity contribution in [3.63, 3.8) is 0 Å². The smallest absolute Gasteiger partial charge is 0.156 e. The summed E-state index contributed by atoms with van der Waals surface area (Å²) >= 11 is 5.99. The van der Waals surface area contributed by atoms with Gasteiger partial charge in [-0.25, -0.2) is 9.97 Å². The van der Waals surface area contributed by atoms with Crippen LogP contribution in [0.1, 0.15) is 29.5 Å². The molecule has 6 heteroatoms. The van der Waals surface area contributed by atoms with Crippen LogP contribution in [-0.4, -0.2) is 42.1 Å². The van der Waals surface area contributed by atoms with Crippen LogP contribution in [0.3, 0.4) is 0 Å². The first-order valence-electron chi connectivity index (χ1n) is 5.97. The van der Waals surface area contributed by atoms with Gasteiger partial charge in [-0.05, 0) is 20.3 Å². The van der Waals surface area contributed by atoms with E-state index in [1.807, 2.05) is 11.8 Å². The van der Waals surface area contributed by atoms with Crippen LogP contribution in [0.15, 0.2) is 0 Å². The molecule has 1 aliphatic rings. The van der Waals surface area contributed by atoms with Crippen molar-refractivity contribution in [2.45, 2.75) is 26.4 Å². The molecule has 0 N–H and O–H groups in total. The lowest BCUT2D eigenvalue weighted by Gasteiger charge is -2.24. The van der Waals surface area contributed by atoms with Gasteiger partial charge < -0.3 is 9.64 Å². The number of carbonyl (C=O) groups excluding carboxylic acids is 1. The topological polar surface area (TPSA) is 55.3 Å². The number of hydrogen-bond acceptors (Lipinski definition) is 5. The van der Waals surface area contributed by atoms with Crippen molar-refractivity contribution in [3.05, 3.63) is 16.5 Å². The Morgan fingerprint density at radius 2 is 2.28 bits per heavy atom. The second-order valence-corrected chi connectivity index (χ2v) is 4.76. The van der Waals surface area contributed by atoms with Gasteiger partial charge in [0.15, 0.2) is 6.29 Å². The Balaban J connectivity index is 2.38. The lowest BCUT2D eigenvalue weighted by molar-refractivity contribution is 0.0820. The van der Waals surface area contributed by atoms with E-state index in [0.29, 0.717) is 30.0 Å². The van der Waals surface area contributed by atoms with Crippen LogP contribution in [-0.2, 0) is 4.74 Å². The molecule has 0 aliphatic carbocycles. The van der Waals surface area contributed by atoms with E-state index in [1.165, 1.54) is 0 Å². The van der Waals surface area contributed by atoms with Crippen molar-refractivity contribution in [2.75, 3.05) is 24.6 Å². The molecule has 18 heavy (non-hydrogen) atoms. The maximum absolute atomic E-state index is 11.1. The minimum atomic E-state index is 0.112. The molecule has 2 rings (SSSR count). The highest BCUT2D eigenvalue weighted by atomic mass is 35.5. The van der Waals surface area contributed by atoms with Crippen molar-refractivity contribution < 1.29 is 9.53 Å². The minimum absolute atomic E-state index is 0.112. The predicted octanol–water partition coefficient (Wildman–Crippen LogP) is 1.87. The van der Waals surface area contributed by atoms with Crippen LogP contribution in [0.2, 0.25) is 5.15 Å². The van der Waals surface area contributed by atoms with Crippen LogP contribution in [0.5, 0.6) is 0 Å². The van der Waals surface area contributed by atoms with E-state index in [4.69, 9.17) is 16.3 Å². The maximum atomic E-state index is 11.1. The molecule has 5 nitrogen and oxygen atoms in total. The molecule has 1 unspecified atom stereocenters. The number of hydrogen-bond donors (Lipinski definition) is 0. The Hall–Kier alpha value is -1.20. The third-order valence-corrected chi connectivity index (χ3v) is 3.15. The Morgan fingerprint density at radius 1 is 1.50 bits per heavy atom. The fourth-order valence-electron chi connectivity index (χ4n) is 2.06. The van der Waals surface area contributed by atoms with E-state index in [1.54, 1.807) is 6.92 Å². The van der Waals surface area contributed by atoms with Crippen LogP contribution in [0, 0.1) is 6.92 Å². The second kappa shape index (κ2) is 5.63. The average molecular weight is 270 g/mol. The molecule has 0 bridgehead atoms. The Bertz CT molecular complexity index is 453. The number of aromatic nitrogens is 2. The number of carbonyl (C=O) groups is 1. The SMILES string of the molecule is Cc1nc(Cl)c(C=O)c(N2CCCOC(C)C2)n1. The van der Waals surface area contributed by atoms with Crippen LogP contribution in [0.25, 0.3) is 0 Å². The lowest BCUT2D eigenvalue weighted by Crippen LogP contribution is -2.32. The van der Waals surface area contributed by atoms with Gasteiger partial charge >= 0.3 is 0 Å². The van der Waals surface area contributed by atoms with Gasteiger partial charge in [-0.3, -0.25) is 4.79 Å². The van der Waals surface area contributed by atoms with Gasteiger partial charge in [0.1, 0.15) is 16.8 Å². The molecule has 0 amide bonds. The molecule has 98 valence electrons. The number of aldehydes is 1. The lowest BCUT2D eigenvalue weighted by atomic mass is 10.2. The molecule has 1 fully saturated rings. The van der Waals surface area contributed by atoms with Crippen LogP contribution < -0.4 is 4.90 Å². The zero-order valence-electron chi connectivity index (χ0n) is 10.5. The number of halogens is 1. The third-order valence-electron chi connectivity index (χ3n) is 2.86. The van der Waals surface area contributed by atoms with Crippen LogP contribution in [0.4, 0.5) is 5.82 Å². The molecule has 1 aromatic rings. The summed E-state index contributed by atoms with van der Waals surface area (Å²) in [7, 11) is 0. The summed E-state index contributed by atoms with van der Waals surface area (Å²) < 4.78 is 5.58. The van der Waals surface area contributed by atoms with E-state index >= 15 is 0 Å². The molecule has 0 saturated carbocycles. The number of aryl methyl sites for hydroxylation is 1. The van der Waals surface area contributed by atoms with E-state index in [-0.39, 0.29) is 11.3 Å². The summed E-state index contributed by atoms with van der Waals surface area (Å²) in [6.45, 7) is 6.01. The fourth-order valence-corrected chi connectivity index (χ4v) is 2.31. The summed E-state index contributed by atoms with van der Waals surface area (Å²) in [5, 5.41) is 0.213. The summed E-state index contributed by atoms with van der Waals surface area (Å²) in [4.78, 5) is 21.5. The quantitative estimate of drug-likeness (QED) is 0.606. The molecule has 0 spiro atoms. The molecule has 0 aromatic carbocycles. The normalized spacial score (nSPS) is 20.6. The van der Waals surface area contributed by atoms with Crippen LogP contribution >= 0.6 is 11.6 Å². The zero-order chi connectivity index (χ0) is 13.1. The van der Waals surface area contributed by atoms with Gasteiger partial charge in [0.2, 0.25) is 0 Å². The largest absolute Gasteiger partial charge is 0.377 e. The Kier molecular flexibility index (Phi) is 4.14. The third kappa shape index (κ3) is 2.79. The highest BCUT2D eigenvalue weighted by Gasteiger charge is 2.21. The number of nitrogens with zero attached hydrogens (tertiary/aromatic N) is 3. The number of anilines is 1. The van der Waals surface area contributed by atoms with Crippen molar-refractivity contribution in [2.24, 2.45) is 0 Å². The van der Waals surface area contributed by atoms with Gasteiger partial charge in [-0.2, -0.15) is 0 Å². The first kappa shape index (κ1) is 13.2. The summed E-state index contributed by atoms with van der Waals surface area (Å²) in [5.74, 6) is 1.18. The van der Waals surface area contributed by atoms with Crippen molar-refractivity contribution >= 4 is 23.7 Å². The van der Waals surface area contributed by atoms with Crippen molar-refractivity contribution in [1.82, 2.24) is 9.97 Å². The molecular formula is C12H16ClN3O2. The van der Waals surface area contributed by atoms with E-state index in [0.717, 1.165) is 19.6 Å². The average Bonchev–Trinajstić information content (AvgIpc) is 2.53. The standard InChI is InChI=1S/C12H16ClN3O2/c1-8-6-16(4-3-5-18-8)12-10(7-17)11(13)14-9(2)15-12/h7-8H,3-6H2,1-2H3. The molecule has 1 atom stereocenters. The predicted molar refractivity (Wildman–Crippen MR) is 69.4 cm³/mol.